The first kappa shape index (κ1) is 29.8. The average Bonchev–Trinajstić information content (AvgIpc) is 3.27. The molecular formula is C31H47NO7. The lowest BCUT2D eigenvalue weighted by Gasteiger charge is -2.50. The predicted octanol–water partition coefficient (Wildman–Crippen LogP) is 4.17. The molecule has 1 aromatic rings. The number of aliphatic hydroxyl groups is 1. The molecule has 2 N–H and O–H groups in total. The Kier molecular flexibility index (Phi) is 11.1. The highest BCUT2D eigenvalue weighted by Gasteiger charge is 2.55. The van der Waals surface area contributed by atoms with E-state index in [-0.39, 0.29) is 43.3 Å². The van der Waals surface area contributed by atoms with Gasteiger partial charge in [0.25, 0.3) is 0 Å². The maximum Gasteiger partial charge on any atom is 0.307 e. The van der Waals surface area contributed by atoms with Crippen LogP contribution in [0.2, 0.25) is 0 Å². The molecule has 4 rings (SSSR count). The molecule has 0 unspecified atom stereocenters. The summed E-state index contributed by atoms with van der Waals surface area (Å²) in [7, 11) is 0. The Hall–Kier alpha value is -2.16. The van der Waals surface area contributed by atoms with Crippen molar-refractivity contribution in [3.63, 3.8) is 0 Å². The minimum atomic E-state index is -0.307. The first-order valence-corrected chi connectivity index (χ1v) is 14.9. The second kappa shape index (κ2) is 14.5. The molecule has 2 fully saturated rings. The van der Waals surface area contributed by atoms with E-state index in [0.29, 0.717) is 45.1 Å². The third-order valence-corrected chi connectivity index (χ3v) is 9.16. The number of fused-ring (bicyclic) bond motifs is 5. The second-order valence-corrected chi connectivity index (χ2v) is 11.5. The molecule has 8 heteroatoms. The van der Waals surface area contributed by atoms with Crippen LogP contribution >= 0.6 is 0 Å². The lowest BCUT2D eigenvalue weighted by Crippen LogP contribution is -2.44. The highest BCUT2D eigenvalue weighted by atomic mass is 16.5. The monoisotopic (exact) mass is 545 g/mol. The van der Waals surface area contributed by atoms with Gasteiger partial charge in [-0.2, -0.15) is 0 Å². The van der Waals surface area contributed by atoms with Crippen LogP contribution in [0.15, 0.2) is 18.2 Å². The van der Waals surface area contributed by atoms with Crippen LogP contribution in [-0.4, -0.2) is 69.3 Å². The van der Waals surface area contributed by atoms with Crippen molar-refractivity contribution in [2.75, 3.05) is 46.2 Å². The third kappa shape index (κ3) is 7.53. The van der Waals surface area contributed by atoms with Crippen LogP contribution in [0, 0.1) is 17.3 Å². The molecule has 3 aliphatic rings. The first-order valence-electron chi connectivity index (χ1n) is 14.9. The number of benzene rings is 1. The number of ether oxygens (including phenoxy) is 4. The van der Waals surface area contributed by atoms with Crippen molar-refractivity contribution in [2.45, 2.75) is 83.7 Å². The molecule has 39 heavy (non-hydrogen) atoms. The Balaban J connectivity index is 1.17. The maximum atomic E-state index is 11.8. The molecular weight excluding hydrogens is 498 g/mol. The van der Waals surface area contributed by atoms with Gasteiger partial charge in [0.1, 0.15) is 12.4 Å². The van der Waals surface area contributed by atoms with Crippen LogP contribution in [0.4, 0.5) is 0 Å². The van der Waals surface area contributed by atoms with Crippen molar-refractivity contribution in [2.24, 2.45) is 17.3 Å². The average molecular weight is 546 g/mol. The molecule has 3 aliphatic carbocycles. The zero-order chi connectivity index (χ0) is 27.7. The number of carbonyl (C=O) groups is 2. The minimum absolute atomic E-state index is 0.140. The summed E-state index contributed by atoms with van der Waals surface area (Å²) in [5.41, 5.74) is 3.20. The van der Waals surface area contributed by atoms with Gasteiger partial charge in [-0.05, 0) is 98.3 Å². The van der Waals surface area contributed by atoms with Crippen LogP contribution in [-0.2, 0) is 30.2 Å². The standard InChI is InChI=1S/C31H47NO7/c1-3-37-30(35)12-15-32-29(34)13-18-36-19-20-38-23-6-8-24-22(21-23)5-7-26-25(24)11-14-31(2)27(26)9-10-28(31)39-17-4-16-33/h6,8,21,25-28,33H,3-5,7,9-20H2,1-2H3,(H,32,34)/t25-,26-,27+,28+,31+/m1/s1. The summed E-state index contributed by atoms with van der Waals surface area (Å²) in [6.07, 6.45) is 8.65. The molecule has 0 heterocycles. The number of hydrogen-bond donors (Lipinski definition) is 2. The number of rotatable bonds is 15. The molecule has 0 saturated heterocycles. The van der Waals surface area contributed by atoms with Crippen molar-refractivity contribution in [3.05, 3.63) is 29.3 Å². The van der Waals surface area contributed by atoms with Gasteiger partial charge in [0.2, 0.25) is 5.91 Å². The van der Waals surface area contributed by atoms with Crippen molar-refractivity contribution >= 4 is 11.9 Å². The van der Waals surface area contributed by atoms with Gasteiger partial charge < -0.3 is 29.4 Å². The van der Waals surface area contributed by atoms with E-state index in [2.05, 4.69) is 30.4 Å². The number of hydrogen-bond acceptors (Lipinski definition) is 7. The first-order chi connectivity index (χ1) is 19.0. The van der Waals surface area contributed by atoms with Crippen molar-refractivity contribution in [1.82, 2.24) is 5.32 Å². The zero-order valence-corrected chi connectivity index (χ0v) is 23.8. The van der Waals surface area contributed by atoms with Crippen LogP contribution in [0.25, 0.3) is 0 Å². The molecule has 0 bridgehead atoms. The van der Waals surface area contributed by atoms with E-state index in [0.717, 1.165) is 36.8 Å². The number of aryl methyl sites for hydroxylation is 1. The van der Waals surface area contributed by atoms with Crippen molar-refractivity contribution in [3.8, 4) is 5.75 Å². The molecule has 2 saturated carbocycles. The fourth-order valence-corrected chi connectivity index (χ4v) is 7.28. The van der Waals surface area contributed by atoms with Crippen LogP contribution < -0.4 is 10.1 Å². The summed E-state index contributed by atoms with van der Waals surface area (Å²) in [5.74, 6) is 2.51. The number of esters is 1. The van der Waals surface area contributed by atoms with Gasteiger partial charge in [-0.3, -0.25) is 9.59 Å². The lowest BCUT2D eigenvalue weighted by molar-refractivity contribution is -0.143. The Bertz CT molecular complexity index is 953. The van der Waals surface area contributed by atoms with Crippen LogP contribution in [0.3, 0.4) is 0 Å². The largest absolute Gasteiger partial charge is 0.491 e. The SMILES string of the molecule is CCOC(=O)CCNC(=O)CCOCCOc1ccc2c(c1)CC[C@@H]1[C@@H]2CC[C@]2(C)[C@@H](OCCCO)CC[C@@H]12. The minimum Gasteiger partial charge on any atom is -0.491 e. The third-order valence-electron chi connectivity index (χ3n) is 9.16. The lowest BCUT2D eigenvalue weighted by atomic mass is 9.55. The fraction of sp³-hybridized carbons (Fsp3) is 0.742. The van der Waals surface area contributed by atoms with Gasteiger partial charge in [0.05, 0.1) is 32.3 Å². The van der Waals surface area contributed by atoms with Gasteiger partial charge in [-0.1, -0.05) is 13.0 Å². The van der Waals surface area contributed by atoms with Gasteiger partial charge >= 0.3 is 5.97 Å². The van der Waals surface area contributed by atoms with Crippen molar-refractivity contribution in [1.29, 1.82) is 0 Å². The topological polar surface area (TPSA) is 103 Å². The summed E-state index contributed by atoms with van der Waals surface area (Å²) in [6.45, 7) is 6.88. The Labute approximate surface area is 233 Å². The molecule has 0 spiro atoms. The number of amides is 1. The smallest absolute Gasteiger partial charge is 0.307 e. The van der Waals surface area contributed by atoms with E-state index in [9.17, 15) is 9.59 Å². The molecule has 218 valence electrons. The van der Waals surface area contributed by atoms with Gasteiger partial charge in [0, 0.05) is 26.2 Å². The summed E-state index contributed by atoms with van der Waals surface area (Å²) in [4.78, 5) is 23.1. The van der Waals surface area contributed by atoms with E-state index >= 15 is 0 Å². The van der Waals surface area contributed by atoms with Gasteiger partial charge in [0.15, 0.2) is 0 Å². The van der Waals surface area contributed by atoms with Gasteiger partial charge in [-0.25, -0.2) is 0 Å². The summed E-state index contributed by atoms with van der Waals surface area (Å²) >= 11 is 0. The molecule has 8 nitrogen and oxygen atoms in total. The Morgan fingerprint density at radius 1 is 1.08 bits per heavy atom. The molecule has 5 atom stereocenters. The zero-order valence-electron chi connectivity index (χ0n) is 23.8. The fourth-order valence-electron chi connectivity index (χ4n) is 7.28. The van der Waals surface area contributed by atoms with Crippen LogP contribution in [0.5, 0.6) is 5.75 Å². The predicted molar refractivity (Wildman–Crippen MR) is 148 cm³/mol. The highest BCUT2D eigenvalue weighted by molar-refractivity contribution is 5.77. The molecule has 0 aromatic heterocycles. The van der Waals surface area contributed by atoms with E-state index in [4.69, 9.17) is 24.1 Å². The molecule has 1 amide bonds. The van der Waals surface area contributed by atoms with Crippen molar-refractivity contribution < 1.29 is 33.6 Å². The summed E-state index contributed by atoms with van der Waals surface area (Å²) in [6, 6.07) is 6.60. The summed E-state index contributed by atoms with van der Waals surface area (Å²) in [5, 5.41) is 11.8. The van der Waals surface area contributed by atoms with Crippen LogP contribution in [0.1, 0.15) is 82.3 Å². The maximum absolute atomic E-state index is 11.8. The molecule has 0 aliphatic heterocycles. The Morgan fingerprint density at radius 2 is 1.95 bits per heavy atom. The summed E-state index contributed by atoms with van der Waals surface area (Å²) < 4.78 is 22.6. The van der Waals surface area contributed by atoms with E-state index < -0.39 is 0 Å². The quantitative estimate of drug-likeness (QED) is 0.252. The number of carbonyl (C=O) groups excluding carboxylic acids is 2. The van der Waals surface area contributed by atoms with Gasteiger partial charge in [-0.15, -0.1) is 0 Å². The second-order valence-electron chi connectivity index (χ2n) is 11.5. The number of nitrogens with one attached hydrogen (secondary N) is 1. The molecule has 0 radical (unpaired) electrons. The van der Waals surface area contributed by atoms with E-state index in [1.165, 1.54) is 36.8 Å². The normalized spacial score (nSPS) is 27.3. The van der Waals surface area contributed by atoms with E-state index in [1.54, 1.807) is 6.92 Å². The number of aliphatic hydroxyl groups excluding tert-OH is 1. The molecule has 1 aromatic carbocycles. The Morgan fingerprint density at radius 3 is 2.77 bits per heavy atom. The highest BCUT2D eigenvalue weighted by Crippen LogP contribution is 2.61. The van der Waals surface area contributed by atoms with E-state index in [1.807, 2.05) is 0 Å².